The standard InChI is InChI=1S/C20H16ClF3N4O/c21-13-9-15(26-10-13)18(29)28-19(7-8-19)12-3-1-11(2-4-12)14-5-6-16(20(22,23)24)27-17(14)25/h1-6,9-10,26H,7-8H2,(H2,25,27)(H,28,29). The molecule has 0 unspecified atom stereocenters. The van der Waals surface area contributed by atoms with Crippen molar-refractivity contribution in [3.8, 4) is 11.1 Å². The number of nitrogens with one attached hydrogen (secondary N) is 2. The molecule has 0 radical (unpaired) electrons. The second-order valence-corrected chi connectivity index (χ2v) is 7.41. The zero-order valence-corrected chi connectivity index (χ0v) is 15.7. The Hall–Kier alpha value is -3.00. The maximum Gasteiger partial charge on any atom is 0.433 e. The molecular formula is C20H16ClF3N4O. The van der Waals surface area contributed by atoms with Gasteiger partial charge in [-0.15, -0.1) is 0 Å². The molecule has 4 rings (SSSR count). The molecule has 2 aromatic heterocycles. The van der Waals surface area contributed by atoms with Crippen LogP contribution in [0, 0.1) is 0 Å². The number of nitrogen functional groups attached to an aromatic ring is 1. The highest BCUT2D eigenvalue weighted by Crippen LogP contribution is 2.46. The first-order valence-corrected chi connectivity index (χ1v) is 9.17. The number of carbonyl (C=O) groups excluding carboxylic acids is 1. The van der Waals surface area contributed by atoms with Crippen molar-refractivity contribution in [3.05, 3.63) is 70.6 Å². The molecule has 0 saturated heterocycles. The smallest absolute Gasteiger partial charge is 0.383 e. The molecule has 1 fully saturated rings. The lowest BCUT2D eigenvalue weighted by Gasteiger charge is -2.18. The summed E-state index contributed by atoms with van der Waals surface area (Å²) in [5.74, 6) is -0.444. The van der Waals surface area contributed by atoms with Gasteiger partial charge in [-0.05, 0) is 42.2 Å². The summed E-state index contributed by atoms with van der Waals surface area (Å²) >= 11 is 5.84. The highest BCUT2D eigenvalue weighted by atomic mass is 35.5. The van der Waals surface area contributed by atoms with Crippen LogP contribution in [0.15, 0.2) is 48.7 Å². The van der Waals surface area contributed by atoms with E-state index >= 15 is 0 Å². The SMILES string of the molecule is Nc1nc(C(F)(F)F)ccc1-c1ccc(C2(NC(=O)c3cc(Cl)c[nH]3)CC2)cc1. The minimum absolute atomic E-state index is 0.189. The van der Waals surface area contributed by atoms with Crippen LogP contribution < -0.4 is 11.1 Å². The number of hydrogen-bond acceptors (Lipinski definition) is 3. The number of rotatable bonds is 4. The first-order valence-electron chi connectivity index (χ1n) is 8.79. The molecule has 1 amide bonds. The predicted octanol–water partition coefficient (Wildman–Crippen LogP) is 4.75. The number of amides is 1. The van der Waals surface area contributed by atoms with Gasteiger partial charge in [0.25, 0.3) is 5.91 Å². The van der Waals surface area contributed by atoms with E-state index in [0.717, 1.165) is 24.5 Å². The highest BCUT2D eigenvalue weighted by Gasteiger charge is 2.45. The molecular weight excluding hydrogens is 405 g/mol. The fourth-order valence-electron chi connectivity index (χ4n) is 3.24. The number of hydrogen-bond donors (Lipinski definition) is 3. The first kappa shape index (κ1) is 19.3. The Balaban J connectivity index is 1.54. The third kappa shape index (κ3) is 3.80. The Morgan fingerprint density at radius 1 is 1.17 bits per heavy atom. The Labute approximate surface area is 169 Å². The average Bonchev–Trinajstić information content (AvgIpc) is 3.32. The lowest BCUT2D eigenvalue weighted by Crippen LogP contribution is -2.35. The van der Waals surface area contributed by atoms with Crippen LogP contribution in [0.4, 0.5) is 19.0 Å². The van der Waals surface area contributed by atoms with E-state index < -0.39 is 17.4 Å². The van der Waals surface area contributed by atoms with Gasteiger partial charge in [0, 0.05) is 11.8 Å². The molecule has 1 aliphatic rings. The van der Waals surface area contributed by atoms with E-state index in [1.165, 1.54) is 12.3 Å². The van der Waals surface area contributed by atoms with Crippen LogP contribution in [0.3, 0.4) is 0 Å². The number of halogens is 4. The van der Waals surface area contributed by atoms with E-state index in [2.05, 4.69) is 15.3 Å². The van der Waals surface area contributed by atoms with E-state index in [1.807, 2.05) is 12.1 Å². The van der Waals surface area contributed by atoms with E-state index in [4.69, 9.17) is 17.3 Å². The van der Waals surface area contributed by atoms with E-state index in [9.17, 15) is 18.0 Å². The third-order valence-corrected chi connectivity index (χ3v) is 5.18. The summed E-state index contributed by atoms with van der Waals surface area (Å²) < 4.78 is 38.3. The lowest BCUT2D eigenvalue weighted by molar-refractivity contribution is -0.141. The van der Waals surface area contributed by atoms with Gasteiger partial charge in [-0.25, -0.2) is 4.98 Å². The van der Waals surface area contributed by atoms with Crippen LogP contribution in [-0.4, -0.2) is 15.9 Å². The maximum absolute atomic E-state index is 12.8. The van der Waals surface area contributed by atoms with Crippen molar-refractivity contribution >= 4 is 23.3 Å². The number of nitrogens with zero attached hydrogens (tertiary/aromatic N) is 1. The molecule has 1 aliphatic carbocycles. The van der Waals surface area contributed by atoms with Crippen molar-refractivity contribution < 1.29 is 18.0 Å². The quantitative estimate of drug-likeness (QED) is 0.569. The number of H-pyrrole nitrogens is 1. The van der Waals surface area contributed by atoms with Gasteiger partial charge in [0.05, 0.1) is 10.6 Å². The van der Waals surface area contributed by atoms with Gasteiger partial charge in [-0.1, -0.05) is 35.9 Å². The van der Waals surface area contributed by atoms with Crippen LogP contribution in [0.5, 0.6) is 0 Å². The van der Waals surface area contributed by atoms with E-state index in [0.29, 0.717) is 21.8 Å². The second kappa shape index (κ2) is 6.81. The van der Waals surface area contributed by atoms with Crippen LogP contribution in [-0.2, 0) is 11.7 Å². The molecule has 0 atom stereocenters. The second-order valence-electron chi connectivity index (χ2n) is 6.97. The van der Waals surface area contributed by atoms with Crippen molar-refractivity contribution in [1.82, 2.24) is 15.3 Å². The van der Waals surface area contributed by atoms with Crippen LogP contribution in [0.2, 0.25) is 5.02 Å². The molecule has 0 spiro atoms. The monoisotopic (exact) mass is 420 g/mol. The Morgan fingerprint density at radius 2 is 1.86 bits per heavy atom. The van der Waals surface area contributed by atoms with Crippen LogP contribution >= 0.6 is 11.6 Å². The molecule has 2 heterocycles. The normalized spacial score (nSPS) is 15.2. The molecule has 4 N–H and O–H groups in total. The van der Waals surface area contributed by atoms with Gasteiger partial charge in [0.1, 0.15) is 17.2 Å². The Bertz CT molecular complexity index is 1070. The van der Waals surface area contributed by atoms with Crippen molar-refractivity contribution in [2.75, 3.05) is 5.73 Å². The fraction of sp³-hybridized carbons (Fsp3) is 0.200. The number of anilines is 1. The lowest BCUT2D eigenvalue weighted by atomic mass is 9.99. The molecule has 0 aliphatic heterocycles. The third-order valence-electron chi connectivity index (χ3n) is 4.96. The highest BCUT2D eigenvalue weighted by molar-refractivity contribution is 6.30. The summed E-state index contributed by atoms with van der Waals surface area (Å²) in [7, 11) is 0. The molecule has 150 valence electrons. The summed E-state index contributed by atoms with van der Waals surface area (Å²) in [6, 6.07) is 11.0. The summed E-state index contributed by atoms with van der Waals surface area (Å²) in [4.78, 5) is 18.7. The maximum atomic E-state index is 12.8. The van der Waals surface area contributed by atoms with Gasteiger partial charge in [-0.2, -0.15) is 13.2 Å². The minimum atomic E-state index is -4.55. The number of aromatic nitrogens is 2. The topological polar surface area (TPSA) is 83.8 Å². The molecule has 1 saturated carbocycles. The van der Waals surface area contributed by atoms with Crippen molar-refractivity contribution in [2.24, 2.45) is 0 Å². The zero-order valence-electron chi connectivity index (χ0n) is 15.0. The molecule has 0 bridgehead atoms. The number of pyridine rings is 1. The summed E-state index contributed by atoms with van der Waals surface area (Å²) in [6.07, 6.45) is -1.43. The summed E-state index contributed by atoms with van der Waals surface area (Å²) in [5, 5.41) is 3.47. The Kier molecular flexibility index (Phi) is 4.53. The van der Waals surface area contributed by atoms with Gasteiger partial charge in [0.2, 0.25) is 0 Å². The summed E-state index contributed by atoms with van der Waals surface area (Å²) in [5.41, 5.74) is 6.59. The number of carbonyl (C=O) groups is 1. The van der Waals surface area contributed by atoms with Gasteiger partial charge < -0.3 is 16.0 Å². The first-order chi connectivity index (χ1) is 13.7. The molecule has 5 nitrogen and oxygen atoms in total. The average molecular weight is 421 g/mol. The Morgan fingerprint density at radius 3 is 2.38 bits per heavy atom. The fourth-order valence-corrected chi connectivity index (χ4v) is 3.40. The molecule has 29 heavy (non-hydrogen) atoms. The predicted molar refractivity (Wildman–Crippen MR) is 103 cm³/mol. The largest absolute Gasteiger partial charge is 0.433 e. The van der Waals surface area contributed by atoms with Gasteiger partial charge in [-0.3, -0.25) is 4.79 Å². The molecule has 3 aromatic rings. The number of benzene rings is 1. The zero-order chi connectivity index (χ0) is 20.8. The van der Waals surface area contributed by atoms with Crippen LogP contribution in [0.25, 0.3) is 11.1 Å². The number of nitrogens with two attached hydrogens (primary N) is 1. The molecule has 9 heteroatoms. The van der Waals surface area contributed by atoms with E-state index in [-0.39, 0.29) is 11.7 Å². The van der Waals surface area contributed by atoms with E-state index in [1.54, 1.807) is 18.2 Å². The van der Waals surface area contributed by atoms with Crippen molar-refractivity contribution in [1.29, 1.82) is 0 Å². The minimum Gasteiger partial charge on any atom is -0.383 e. The van der Waals surface area contributed by atoms with Crippen LogP contribution in [0.1, 0.15) is 34.6 Å². The number of alkyl halides is 3. The van der Waals surface area contributed by atoms with Gasteiger partial charge in [0.15, 0.2) is 0 Å². The number of aromatic amines is 1. The summed E-state index contributed by atoms with van der Waals surface area (Å²) in [6.45, 7) is 0. The van der Waals surface area contributed by atoms with Gasteiger partial charge >= 0.3 is 6.18 Å². The van der Waals surface area contributed by atoms with Crippen molar-refractivity contribution in [2.45, 2.75) is 24.6 Å². The molecule has 1 aromatic carbocycles. The van der Waals surface area contributed by atoms with Crippen molar-refractivity contribution in [3.63, 3.8) is 0 Å².